The van der Waals surface area contributed by atoms with Crippen molar-refractivity contribution in [2.75, 3.05) is 18.5 Å². The monoisotopic (exact) mass is 236 g/mol. The minimum atomic E-state index is -0.200. The molecule has 0 aliphatic heterocycles. The maximum Gasteiger partial charge on any atom is 0.228 e. The molecule has 0 heterocycles. The fourth-order valence-corrected chi connectivity index (χ4v) is 1.27. The van der Waals surface area contributed by atoms with E-state index >= 15 is 0 Å². The summed E-state index contributed by atoms with van der Waals surface area (Å²) < 4.78 is 5.55. The zero-order valence-corrected chi connectivity index (χ0v) is 10.4. The van der Waals surface area contributed by atoms with Crippen molar-refractivity contribution in [3.8, 4) is 5.75 Å². The SMILES string of the molecule is CCCOc1ccccc1NC(=O)C(C)CN. The summed E-state index contributed by atoms with van der Waals surface area (Å²) in [4.78, 5) is 11.7. The fourth-order valence-electron chi connectivity index (χ4n) is 1.27. The van der Waals surface area contributed by atoms with Gasteiger partial charge in [0.05, 0.1) is 12.3 Å². The van der Waals surface area contributed by atoms with Crippen molar-refractivity contribution in [3.05, 3.63) is 24.3 Å². The second-order valence-corrected chi connectivity index (χ2v) is 3.97. The van der Waals surface area contributed by atoms with Gasteiger partial charge in [-0.15, -0.1) is 0 Å². The van der Waals surface area contributed by atoms with Crippen molar-refractivity contribution in [3.63, 3.8) is 0 Å². The molecule has 0 aliphatic carbocycles. The molecule has 0 saturated heterocycles. The lowest BCUT2D eigenvalue weighted by molar-refractivity contribution is -0.119. The summed E-state index contributed by atoms with van der Waals surface area (Å²) in [7, 11) is 0. The lowest BCUT2D eigenvalue weighted by Crippen LogP contribution is -2.26. The predicted molar refractivity (Wildman–Crippen MR) is 69.1 cm³/mol. The van der Waals surface area contributed by atoms with Crippen LogP contribution in [-0.2, 0) is 4.79 Å². The normalized spacial score (nSPS) is 11.9. The number of para-hydroxylation sites is 2. The largest absolute Gasteiger partial charge is 0.491 e. The van der Waals surface area contributed by atoms with Gasteiger partial charge in [0.15, 0.2) is 0 Å². The molecule has 1 amide bonds. The molecule has 0 spiro atoms. The number of amides is 1. The van der Waals surface area contributed by atoms with Gasteiger partial charge in [0.25, 0.3) is 0 Å². The number of nitrogens with two attached hydrogens (primary N) is 1. The Hall–Kier alpha value is -1.55. The van der Waals surface area contributed by atoms with E-state index in [1.54, 1.807) is 6.92 Å². The van der Waals surface area contributed by atoms with Crippen LogP contribution in [0.15, 0.2) is 24.3 Å². The van der Waals surface area contributed by atoms with Gasteiger partial charge in [-0.05, 0) is 18.6 Å². The van der Waals surface area contributed by atoms with Gasteiger partial charge in [0, 0.05) is 12.5 Å². The molecule has 3 N–H and O–H groups in total. The van der Waals surface area contributed by atoms with Gasteiger partial charge in [0.1, 0.15) is 5.75 Å². The van der Waals surface area contributed by atoms with Crippen LogP contribution < -0.4 is 15.8 Å². The Labute approximate surface area is 102 Å². The molecule has 0 aliphatic rings. The Balaban J connectivity index is 2.72. The highest BCUT2D eigenvalue weighted by atomic mass is 16.5. The summed E-state index contributed by atoms with van der Waals surface area (Å²) in [6, 6.07) is 7.42. The van der Waals surface area contributed by atoms with Crippen LogP contribution >= 0.6 is 0 Å². The van der Waals surface area contributed by atoms with E-state index in [0.29, 0.717) is 24.6 Å². The summed E-state index contributed by atoms with van der Waals surface area (Å²) >= 11 is 0. The first-order chi connectivity index (χ1) is 8.19. The molecule has 1 unspecified atom stereocenters. The zero-order valence-electron chi connectivity index (χ0n) is 10.4. The van der Waals surface area contributed by atoms with Crippen molar-refractivity contribution in [1.82, 2.24) is 0 Å². The molecule has 17 heavy (non-hydrogen) atoms. The first-order valence-corrected chi connectivity index (χ1v) is 5.91. The Morgan fingerprint density at radius 1 is 1.47 bits per heavy atom. The van der Waals surface area contributed by atoms with Gasteiger partial charge >= 0.3 is 0 Å². The Bertz CT molecular complexity index is 366. The van der Waals surface area contributed by atoms with E-state index in [0.717, 1.165) is 6.42 Å². The number of rotatable bonds is 6. The summed E-state index contributed by atoms with van der Waals surface area (Å²) in [5.41, 5.74) is 6.15. The second kappa shape index (κ2) is 6.91. The van der Waals surface area contributed by atoms with Crippen LogP contribution in [0.2, 0.25) is 0 Å². The number of ether oxygens (including phenoxy) is 1. The minimum absolute atomic E-state index is 0.0833. The molecule has 0 bridgehead atoms. The van der Waals surface area contributed by atoms with E-state index in [4.69, 9.17) is 10.5 Å². The molecule has 0 fully saturated rings. The number of nitrogens with one attached hydrogen (secondary N) is 1. The van der Waals surface area contributed by atoms with Crippen molar-refractivity contribution in [1.29, 1.82) is 0 Å². The highest BCUT2D eigenvalue weighted by Crippen LogP contribution is 2.24. The molecule has 4 heteroatoms. The van der Waals surface area contributed by atoms with Crippen LogP contribution in [0, 0.1) is 5.92 Å². The van der Waals surface area contributed by atoms with Crippen molar-refractivity contribution in [2.24, 2.45) is 11.7 Å². The molecule has 1 aromatic carbocycles. The number of benzene rings is 1. The quantitative estimate of drug-likeness (QED) is 0.794. The standard InChI is InChI=1S/C13H20N2O2/c1-3-8-17-12-7-5-4-6-11(12)15-13(16)10(2)9-14/h4-7,10H,3,8-9,14H2,1-2H3,(H,15,16). The average molecular weight is 236 g/mol. The molecule has 1 atom stereocenters. The molecule has 94 valence electrons. The summed E-state index contributed by atoms with van der Waals surface area (Å²) in [6.07, 6.45) is 0.932. The van der Waals surface area contributed by atoms with Gasteiger partial charge in [-0.2, -0.15) is 0 Å². The third-order valence-corrected chi connectivity index (χ3v) is 2.41. The lowest BCUT2D eigenvalue weighted by Gasteiger charge is -2.14. The fraction of sp³-hybridized carbons (Fsp3) is 0.462. The molecule has 4 nitrogen and oxygen atoms in total. The number of hydrogen-bond donors (Lipinski definition) is 2. The van der Waals surface area contributed by atoms with E-state index in [1.807, 2.05) is 31.2 Å². The van der Waals surface area contributed by atoms with E-state index in [1.165, 1.54) is 0 Å². The van der Waals surface area contributed by atoms with E-state index in [2.05, 4.69) is 5.32 Å². The molecule has 1 rings (SSSR count). The van der Waals surface area contributed by atoms with E-state index < -0.39 is 0 Å². The number of hydrogen-bond acceptors (Lipinski definition) is 3. The van der Waals surface area contributed by atoms with E-state index in [9.17, 15) is 4.79 Å². The smallest absolute Gasteiger partial charge is 0.228 e. The van der Waals surface area contributed by atoms with Crippen LogP contribution in [-0.4, -0.2) is 19.1 Å². The maximum absolute atomic E-state index is 11.7. The second-order valence-electron chi connectivity index (χ2n) is 3.97. The van der Waals surface area contributed by atoms with Crippen LogP contribution in [0.1, 0.15) is 20.3 Å². The van der Waals surface area contributed by atoms with Gasteiger partial charge < -0.3 is 15.8 Å². The topological polar surface area (TPSA) is 64.3 Å². The van der Waals surface area contributed by atoms with Gasteiger partial charge in [0.2, 0.25) is 5.91 Å². The molecule has 0 aromatic heterocycles. The van der Waals surface area contributed by atoms with Crippen molar-refractivity contribution < 1.29 is 9.53 Å². The average Bonchev–Trinajstić information content (AvgIpc) is 2.36. The van der Waals surface area contributed by atoms with Crippen LogP contribution in [0.5, 0.6) is 5.75 Å². The summed E-state index contributed by atoms with van der Waals surface area (Å²) in [6.45, 7) is 4.81. The first kappa shape index (κ1) is 13.5. The minimum Gasteiger partial charge on any atom is -0.491 e. The molecular weight excluding hydrogens is 216 g/mol. The van der Waals surface area contributed by atoms with Crippen molar-refractivity contribution >= 4 is 11.6 Å². The summed E-state index contributed by atoms with van der Waals surface area (Å²) in [5, 5.41) is 2.83. The Morgan fingerprint density at radius 2 is 2.18 bits per heavy atom. The highest BCUT2D eigenvalue weighted by Gasteiger charge is 2.12. The Morgan fingerprint density at radius 3 is 2.82 bits per heavy atom. The number of anilines is 1. The number of carbonyl (C=O) groups excluding carboxylic acids is 1. The molecule has 1 aromatic rings. The predicted octanol–water partition coefficient (Wildman–Crippen LogP) is 2.01. The van der Waals surface area contributed by atoms with Crippen LogP contribution in [0.25, 0.3) is 0 Å². The third kappa shape index (κ3) is 4.07. The maximum atomic E-state index is 11.7. The molecule has 0 radical (unpaired) electrons. The Kier molecular flexibility index (Phi) is 5.49. The van der Waals surface area contributed by atoms with Crippen molar-refractivity contribution in [2.45, 2.75) is 20.3 Å². The van der Waals surface area contributed by atoms with E-state index in [-0.39, 0.29) is 11.8 Å². The van der Waals surface area contributed by atoms with Crippen LogP contribution in [0.4, 0.5) is 5.69 Å². The highest BCUT2D eigenvalue weighted by molar-refractivity contribution is 5.93. The lowest BCUT2D eigenvalue weighted by atomic mass is 10.1. The van der Waals surface area contributed by atoms with Gasteiger partial charge in [-0.1, -0.05) is 26.0 Å². The van der Waals surface area contributed by atoms with Gasteiger partial charge in [-0.25, -0.2) is 0 Å². The molecular formula is C13H20N2O2. The van der Waals surface area contributed by atoms with Crippen LogP contribution in [0.3, 0.4) is 0 Å². The zero-order chi connectivity index (χ0) is 12.7. The summed E-state index contributed by atoms with van der Waals surface area (Å²) in [5.74, 6) is 0.418. The number of carbonyl (C=O) groups is 1. The molecule has 0 saturated carbocycles. The van der Waals surface area contributed by atoms with Gasteiger partial charge in [-0.3, -0.25) is 4.79 Å². The third-order valence-electron chi connectivity index (χ3n) is 2.41. The first-order valence-electron chi connectivity index (χ1n) is 5.91.